The van der Waals surface area contributed by atoms with E-state index in [1.165, 1.54) is 12.1 Å². The van der Waals surface area contributed by atoms with Crippen molar-refractivity contribution in [2.24, 2.45) is 0 Å². The van der Waals surface area contributed by atoms with Gasteiger partial charge in [0.1, 0.15) is 5.75 Å². The maximum Gasteiger partial charge on any atom is 0.257 e. The third-order valence-corrected chi connectivity index (χ3v) is 4.00. The number of carbonyl (C=O) groups excluding carboxylic acids is 1. The van der Waals surface area contributed by atoms with Gasteiger partial charge in [-0.25, -0.2) is 0 Å². The van der Waals surface area contributed by atoms with Gasteiger partial charge in [-0.15, -0.1) is 0 Å². The van der Waals surface area contributed by atoms with Crippen LogP contribution in [0.1, 0.15) is 30.6 Å². The van der Waals surface area contributed by atoms with Gasteiger partial charge in [0.25, 0.3) is 5.91 Å². The molecule has 1 atom stereocenters. The number of rotatable bonds is 5. The van der Waals surface area contributed by atoms with Gasteiger partial charge in [-0.05, 0) is 55.9 Å². The molecule has 0 saturated carbocycles. The minimum Gasteiger partial charge on any atom is -0.491 e. The van der Waals surface area contributed by atoms with Crippen LogP contribution in [0.5, 0.6) is 5.75 Å². The van der Waals surface area contributed by atoms with E-state index in [2.05, 4.69) is 17.6 Å². The molecule has 2 aromatic rings. The minimum absolute atomic E-state index is 0.120. The Labute approximate surface area is 162 Å². The van der Waals surface area contributed by atoms with Gasteiger partial charge in [0.15, 0.2) is 5.11 Å². The van der Waals surface area contributed by atoms with Gasteiger partial charge in [-0.2, -0.15) is 0 Å². The average molecular weight is 397 g/mol. The van der Waals surface area contributed by atoms with Crippen molar-refractivity contribution in [3.05, 3.63) is 58.1 Å². The predicted octanol–water partition coefficient (Wildman–Crippen LogP) is 5.30. The van der Waals surface area contributed by atoms with Gasteiger partial charge in [0.2, 0.25) is 0 Å². The first-order chi connectivity index (χ1) is 11.9. The molecule has 25 heavy (non-hydrogen) atoms. The van der Waals surface area contributed by atoms with Crippen LogP contribution in [0.25, 0.3) is 0 Å². The summed E-state index contributed by atoms with van der Waals surface area (Å²) in [6, 6.07) is 12.0. The first-order valence-electron chi connectivity index (χ1n) is 7.72. The van der Waals surface area contributed by atoms with E-state index in [1.54, 1.807) is 6.07 Å². The standard InChI is InChI=1S/C18H18Cl2N2O2S/c1-3-11(2)24-16-6-4-5-15(10-16)21-18(25)22-17(23)12-7-13(19)9-14(20)8-12/h4-11H,3H2,1-2H3,(H2,21,22,23,25). The number of hydrogen-bond donors (Lipinski definition) is 2. The Morgan fingerprint density at radius 1 is 1.20 bits per heavy atom. The topological polar surface area (TPSA) is 50.4 Å². The lowest BCUT2D eigenvalue weighted by molar-refractivity contribution is 0.0977. The average Bonchev–Trinajstić information content (AvgIpc) is 2.54. The van der Waals surface area contributed by atoms with Gasteiger partial charge >= 0.3 is 0 Å². The molecule has 0 saturated heterocycles. The minimum atomic E-state index is -0.395. The molecule has 0 fully saturated rings. The third-order valence-electron chi connectivity index (χ3n) is 3.36. The first kappa shape index (κ1) is 19.5. The van der Waals surface area contributed by atoms with E-state index in [1.807, 2.05) is 31.2 Å². The number of thiocarbonyl (C=S) groups is 1. The number of hydrogen-bond acceptors (Lipinski definition) is 3. The fourth-order valence-electron chi connectivity index (χ4n) is 1.99. The van der Waals surface area contributed by atoms with Crippen LogP contribution in [-0.4, -0.2) is 17.1 Å². The molecule has 2 rings (SSSR count). The number of amides is 1. The lowest BCUT2D eigenvalue weighted by atomic mass is 10.2. The van der Waals surface area contributed by atoms with Crippen molar-refractivity contribution >= 4 is 52.1 Å². The second-order valence-electron chi connectivity index (χ2n) is 5.43. The Kier molecular flexibility index (Phi) is 7.05. The molecule has 7 heteroatoms. The molecule has 2 N–H and O–H groups in total. The molecular weight excluding hydrogens is 379 g/mol. The maximum atomic E-state index is 12.2. The fourth-order valence-corrected chi connectivity index (χ4v) is 2.72. The van der Waals surface area contributed by atoms with Crippen molar-refractivity contribution in [1.82, 2.24) is 5.32 Å². The Morgan fingerprint density at radius 2 is 1.88 bits per heavy atom. The van der Waals surface area contributed by atoms with E-state index < -0.39 is 5.91 Å². The molecule has 2 aromatic carbocycles. The number of halogens is 2. The highest BCUT2D eigenvalue weighted by Crippen LogP contribution is 2.20. The number of carbonyl (C=O) groups is 1. The number of nitrogens with one attached hydrogen (secondary N) is 2. The molecule has 1 amide bonds. The maximum absolute atomic E-state index is 12.2. The third kappa shape index (κ3) is 6.20. The summed E-state index contributed by atoms with van der Waals surface area (Å²) >= 11 is 17.0. The molecule has 0 spiro atoms. The smallest absolute Gasteiger partial charge is 0.257 e. The van der Waals surface area contributed by atoms with Crippen LogP contribution in [0.15, 0.2) is 42.5 Å². The molecule has 0 aromatic heterocycles. The van der Waals surface area contributed by atoms with E-state index >= 15 is 0 Å². The summed E-state index contributed by atoms with van der Waals surface area (Å²) in [5.41, 5.74) is 1.05. The lowest BCUT2D eigenvalue weighted by Gasteiger charge is -2.14. The predicted molar refractivity (Wildman–Crippen MR) is 107 cm³/mol. The van der Waals surface area contributed by atoms with E-state index in [-0.39, 0.29) is 11.2 Å². The first-order valence-corrected chi connectivity index (χ1v) is 8.89. The molecule has 0 bridgehead atoms. The zero-order valence-corrected chi connectivity index (χ0v) is 16.1. The van der Waals surface area contributed by atoms with E-state index in [9.17, 15) is 4.79 Å². The quantitative estimate of drug-likeness (QED) is 0.673. The summed E-state index contributed by atoms with van der Waals surface area (Å²) in [4.78, 5) is 12.2. The van der Waals surface area contributed by atoms with Crippen molar-refractivity contribution in [1.29, 1.82) is 0 Å². The van der Waals surface area contributed by atoms with Crippen LogP contribution in [0.3, 0.4) is 0 Å². The second kappa shape index (κ2) is 9.04. The number of benzene rings is 2. The molecular formula is C18H18Cl2N2O2S. The molecule has 0 heterocycles. The Bertz CT molecular complexity index is 763. The Morgan fingerprint density at radius 3 is 2.52 bits per heavy atom. The normalized spacial score (nSPS) is 11.5. The molecule has 4 nitrogen and oxygen atoms in total. The van der Waals surface area contributed by atoms with Crippen molar-refractivity contribution in [2.75, 3.05) is 5.32 Å². The van der Waals surface area contributed by atoms with Gasteiger partial charge in [0.05, 0.1) is 6.10 Å². The Balaban J connectivity index is 2.00. The SMILES string of the molecule is CCC(C)Oc1cccc(NC(=S)NC(=O)c2cc(Cl)cc(Cl)c2)c1. The van der Waals surface area contributed by atoms with Crippen LogP contribution in [0, 0.1) is 0 Å². The van der Waals surface area contributed by atoms with Gasteiger partial charge in [-0.3, -0.25) is 10.1 Å². The van der Waals surface area contributed by atoms with Crippen LogP contribution < -0.4 is 15.4 Å². The van der Waals surface area contributed by atoms with Crippen molar-refractivity contribution in [2.45, 2.75) is 26.4 Å². The summed E-state index contributed by atoms with van der Waals surface area (Å²) in [5.74, 6) is 0.337. The summed E-state index contributed by atoms with van der Waals surface area (Å²) in [5, 5.41) is 6.48. The van der Waals surface area contributed by atoms with Gasteiger partial charge in [-0.1, -0.05) is 36.2 Å². The zero-order chi connectivity index (χ0) is 18.4. The highest BCUT2D eigenvalue weighted by atomic mass is 35.5. The summed E-state index contributed by atoms with van der Waals surface area (Å²) in [6.45, 7) is 4.06. The lowest BCUT2D eigenvalue weighted by Crippen LogP contribution is -2.34. The van der Waals surface area contributed by atoms with Crippen LogP contribution in [0.4, 0.5) is 5.69 Å². The van der Waals surface area contributed by atoms with Gasteiger partial charge in [0, 0.05) is 27.4 Å². The zero-order valence-electron chi connectivity index (χ0n) is 13.8. The summed E-state index contributed by atoms with van der Waals surface area (Å²) in [6.07, 6.45) is 1.03. The van der Waals surface area contributed by atoms with Gasteiger partial charge < -0.3 is 10.1 Å². The van der Waals surface area contributed by atoms with Crippen molar-refractivity contribution in [3.63, 3.8) is 0 Å². The molecule has 0 aliphatic rings. The van der Waals surface area contributed by atoms with Crippen molar-refractivity contribution < 1.29 is 9.53 Å². The van der Waals surface area contributed by atoms with Crippen LogP contribution in [-0.2, 0) is 0 Å². The monoisotopic (exact) mass is 396 g/mol. The van der Waals surface area contributed by atoms with E-state index in [0.717, 1.165) is 17.9 Å². The highest BCUT2D eigenvalue weighted by molar-refractivity contribution is 7.80. The number of anilines is 1. The largest absolute Gasteiger partial charge is 0.491 e. The Hall–Kier alpha value is -1.82. The molecule has 1 unspecified atom stereocenters. The summed E-state index contributed by atoms with van der Waals surface area (Å²) < 4.78 is 5.76. The molecule has 0 aliphatic carbocycles. The second-order valence-corrected chi connectivity index (χ2v) is 6.71. The van der Waals surface area contributed by atoms with Crippen LogP contribution in [0.2, 0.25) is 10.0 Å². The van der Waals surface area contributed by atoms with Crippen molar-refractivity contribution in [3.8, 4) is 5.75 Å². The molecule has 0 aliphatic heterocycles. The molecule has 0 radical (unpaired) electrons. The number of ether oxygens (including phenoxy) is 1. The molecule has 132 valence electrons. The highest BCUT2D eigenvalue weighted by Gasteiger charge is 2.10. The fraction of sp³-hybridized carbons (Fsp3) is 0.222. The van der Waals surface area contributed by atoms with E-state index in [4.69, 9.17) is 40.2 Å². The summed E-state index contributed by atoms with van der Waals surface area (Å²) in [7, 11) is 0. The van der Waals surface area contributed by atoms with E-state index in [0.29, 0.717) is 15.6 Å². The van der Waals surface area contributed by atoms with Crippen LogP contribution >= 0.6 is 35.4 Å².